The number of carboxylic acids is 1. The van der Waals surface area contributed by atoms with E-state index in [-0.39, 0.29) is 5.91 Å². The summed E-state index contributed by atoms with van der Waals surface area (Å²) in [6.07, 6.45) is 1.58. The van der Waals surface area contributed by atoms with Gasteiger partial charge in [0.2, 0.25) is 5.13 Å². The number of halogens is 3. The quantitative estimate of drug-likeness (QED) is 0.352. The van der Waals surface area contributed by atoms with Gasteiger partial charge in [-0.1, -0.05) is 17.4 Å². The summed E-state index contributed by atoms with van der Waals surface area (Å²) in [4.78, 5) is 29.7. The SMILES string of the molecule is Cn1cc(C(=O)Nc2cc(-c3nnc(Nc4ccc5c(c4)C=NC5)s3)ccn2)cn1.O=C(O)C(F)(F)F. The first kappa shape index (κ1) is 25.4. The number of carbonyl (C=O) groups excluding carboxylic acids is 1. The summed E-state index contributed by atoms with van der Waals surface area (Å²) in [5, 5.41) is 27.1. The maximum Gasteiger partial charge on any atom is 0.490 e. The highest BCUT2D eigenvalue weighted by Gasteiger charge is 2.38. The number of hydrogen-bond donors (Lipinski definition) is 3. The van der Waals surface area contributed by atoms with Crippen LogP contribution in [0.15, 0.2) is 53.9 Å². The van der Waals surface area contributed by atoms with E-state index < -0.39 is 12.1 Å². The van der Waals surface area contributed by atoms with Crippen LogP contribution in [0, 0.1) is 0 Å². The summed E-state index contributed by atoms with van der Waals surface area (Å²) < 4.78 is 33.3. The molecular weight excluding hydrogens is 513 g/mol. The second kappa shape index (κ2) is 10.5. The van der Waals surface area contributed by atoms with E-state index in [9.17, 15) is 18.0 Å². The van der Waals surface area contributed by atoms with Crippen LogP contribution in [-0.4, -0.2) is 54.3 Å². The van der Waals surface area contributed by atoms with E-state index in [1.54, 1.807) is 30.2 Å². The first-order chi connectivity index (χ1) is 17.6. The first-order valence-corrected chi connectivity index (χ1v) is 11.2. The average Bonchev–Trinajstić information content (AvgIpc) is 3.60. The van der Waals surface area contributed by atoms with Gasteiger partial charge in [-0.3, -0.25) is 14.5 Å². The van der Waals surface area contributed by atoms with Crippen LogP contribution in [-0.2, 0) is 18.4 Å². The van der Waals surface area contributed by atoms with E-state index in [4.69, 9.17) is 9.90 Å². The smallest absolute Gasteiger partial charge is 0.475 e. The average molecular weight is 530 g/mol. The Balaban J connectivity index is 0.000000405. The van der Waals surface area contributed by atoms with Gasteiger partial charge in [-0.2, -0.15) is 18.3 Å². The molecule has 0 fully saturated rings. The monoisotopic (exact) mass is 530 g/mol. The Bertz CT molecular complexity index is 1480. The Kier molecular flexibility index (Phi) is 7.24. The first-order valence-electron chi connectivity index (χ1n) is 10.4. The number of aryl methyl sites for hydroxylation is 1. The molecule has 1 aromatic carbocycles. The van der Waals surface area contributed by atoms with Gasteiger partial charge in [0.1, 0.15) is 10.8 Å². The summed E-state index contributed by atoms with van der Waals surface area (Å²) >= 11 is 1.42. The molecule has 0 bridgehead atoms. The molecule has 4 heterocycles. The highest BCUT2D eigenvalue weighted by molar-refractivity contribution is 7.18. The number of carbonyl (C=O) groups is 2. The minimum atomic E-state index is -5.08. The van der Waals surface area contributed by atoms with Gasteiger partial charge < -0.3 is 15.7 Å². The summed E-state index contributed by atoms with van der Waals surface area (Å²) in [5.41, 5.74) is 4.55. The molecule has 3 aromatic heterocycles. The Morgan fingerprint density at radius 3 is 2.65 bits per heavy atom. The number of hydrogen-bond acceptors (Lipinski definition) is 9. The molecule has 15 heteroatoms. The molecule has 37 heavy (non-hydrogen) atoms. The summed E-state index contributed by atoms with van der Waals surface area (Å²) in [5.74, 6) is -2.59. The van der Waals surface area contributed by atoms with Crippen molar-refractivity contribution in [3.8, 4) is 10.6 Å². The van der Waals surface area contributed by atoms with Crippen molar-refractivity contribution >= 4 is 46.1 Å². The molecule has 1 aliphatic rings. The third-order valence-electron chi connectivity index (χ3n) is 4.77. The molecular formula is C22H17F3N8O3S. The second-order valence-electron chi connectivity index (χ2n) is 7.51. The summed E-state index contributed by atoms with van der Waals surface area (Å²) in [6.45, 7) is 0.736. The van der Waals surface area contributed by atoms with E-state index in [0.29, 0.717) is 16.5 Å². The number of rotatable bonds is 5. The molecule has 0 saturated carbocycles. The molecule has 1 aliphatic heterocycles. The van der Waals surface area contributed by atoms with Crippen molar-refractivity contribution in [3.63, 3.8) is 0 Å². The number of alkyl halides is 3. The Hall–Kier alpha value is -4.66. The van der Waals surface area contributed by atoms with Gasteiger partial charge in [0, 0.05) is 36.9 Å². The highest BCUT2D eigenvalue weighted by atomic mass is 32.1. The number of aliphatic imine (C=N–C) groups is 1. The molecule has 0 aliphatic carbocycles. The van der Waals surface area contributed by atoms with Crippen molar-refractivity contribution in [1.29, 1.82) is 0 Å². The lowest BCUT2D eigenvalue weighted by atomic mass is 10.1. The normalized spacial score (nSPS) is 11.9. The fraction of sp³-hybridized carbons (Fsp3) is 0.136. The number of fused-ring (bicyclic) bond motifs is 1. The Labute approximate surface area is 210 Å². The zero-order valence-corrected chi connectivity index (χ0v) is 19.7. The van der Waals surface area contributed by atoms with E-state index in [0.717, 1.165) is 28.4 Å². The summed E-state index contributed by atoms with van der Waals surface area (Å²) in [6, 6.07) is 9.71. The molecule has 3 N–H and O–H groups in total. The van der Waals surface area contributed by atoms with Gasteiger partial charge in [0.15, 0.2) is 0 Å². The molecule has 0 spiro atoms. The van der Waals surface area contributed by atoms with Crippen LogP contribution in [0.3, 0.4) is 0 Å². The number of carboxylic acid groups (broad SMARTS) is 1. The number of nitrogens with one attached hydrogen (secondary N) is 2. The van der Waals surface area contributed by atoms with Gasteiger partial charge in [0.05, 0.1) is 18.3 Å². The van der Waals surface area contributed by atoms with Crippen molar-refractivity contribution in [1.82, 2.24) is 25.0 Å². The number of anilines is 3. The molecule has 0 saturated heterocycles. The maximum absolute atomic E-state index is 12.3. The number of pyridine rings is 1. The third kappa shape index (κ3) is 6.52. The Morgan fingerprint density at radius 2 is 1.95 bits per heavy atom. The number of benzene rings is 1. The molecule has 5 rings (SSSR count). The predicted molar refractivity (Wildman–Crippen MR) is 129 cm³/mol. The Morgan fingerprint density at radius 1 is 1.16 bits per heavy atom. The topological polar surface area (TPSA) is 147 Å². The van der Waals surface area contributed by atoms with Gasteiger partial charge in [-0.05, 0) is 35.4 Å². The van der Waals surface area contributed by atoms with Gasteiger partial charge in [-0.15, -0.1) is 10.2 Å². The van der Waals surface area contributed by atoms with Crippen LogP contribution >= 0.6 is 11.3 Å². The molecule has 4 aromatic rings. The van der Waals surface area contributed by atoms with Crippen LogP contribution in [0.2, 0.25) is 0 Å². The number of aromatic nitrogens is 5. The largest absolute Gasteiger partial charge is 0.490 e. The van der Waals surface area contributed by atoms with Crippen molar-refractivity contribution < 1.29 is 27.9 Å². The standard InChI is InChI=1S/C20H16N8OS.C2HF3O2/c1-28-11-15(10-23-28)18(29)25-17-7-12(4-5-22-17)19-26-27-20(30-19)24-16-3-2-13-8-21-9-14(13)6-16;3-2(4,5)1(6)7/h2-7,9-11H,8H2,1H3,(H,24,27)(H,22,25,29);(H,6,7). The van der Waals surface area contributed by atoms with Crippen LogP contribution in [0.5, 0.6) is 0 Å². The number of amides is 1. The lowest BCUT2D eigenvalue weighted by Crippen LogP contribution is -2.21. The fourth-order valence-corrected chi connectivity index (χ4v) is 3.81. The molecule has 1 amide bonds. The zero-order valence-electron chi connectivity index (χ0n) is 18.9. The molecule has 0 unspecified atom stereocenters. The summed E-state index contributed by atoms with van der Waals surface area (Å²) in [7, 11) is 1.76. The molecule has 11 nitrogen and oxygen atoms in total. The molecule has 190 valence electrons. The highest BCUT2D eigenvalue weighted by Crippen LogP contribution is 2.30. The van der Waals surface area contributed by atoms with Crippen LogP contribution in [0.1, 0.15) is 21.5 Å². The minimum Gasteiger partial charge on any atom is -0.475 e. The van der Waals surface area contributed by atoms with Crippen molar-refractivity contribution in [2.24, 2.45) is 12.0 Å². The van der Waals surface area contributed by atoms with Crippen molar-refractivity contribution in [2.45, 2.75) is 12.7 Å². The van der Waals surface area contributed by atoms with Crippen molar-refractivity contribution in [3.05, 3.63) is 65.6 Å². The fourth-order valence-electron chi connectivity index (χ4n) is 3.05. The van der Waals surface area contributed by atoms with E-state index >= 15 is 0 Å². The lowest BCUT2D eigenvalue weighted by Gasteiger charge is -2.04. The van der Waals surface area contributed by atoms with Crippen LogP contribution in [0.4, 0.5) is 29.8 Å². The van der Waals surface area contributed by atoms with Gasteiger partial charge in [-0.25, -0.2) is 9.78 Å². The van der Waals surface area contributed by atoms with Gasteiger partial charge in [0.25, 0.3) is 5.91 Å². The van der Waals surface area contributed by atoms with E-state index in [1.165, 1.54) is 23.1 Å². The third-order valence-corrected chi connectivity index (χ3v) is 5.66. The lowest BCUT2D eigenvalue weighted by molar-refractivity contribution is -0.192. The number of nitrogens with zero attached hydrogens (tertiary/aromatic N) is 6. The number of aliphatic carboxylic acids is 1. The van der Waals surface area contributed by atoms with Crippen molar-refractivity contribution in [2.75, 3.05) is 10.6 Å². The van der Waals surface area contributed by atoms with E-state index in [2.05, 4.69) is 42.0 Å². The molecule has 0 atom stereocenters. The van der Waals surface area contributed by atoms with Crippen LogP contribution < -0.4 is 10.6 Å². The predicted octanol–water partition coefficient (Wildman–Crippen LogP) is 3.90. The van der Waals surface area contributed by atoms with Gasteiger partial charge >= 0.3 is 12.1 Å². The zero-order chi connectivity index (χ0) is 26.6. The van der Waals surface area contributed by atoms with Crippen LogP contribution in [0.25, 0.3) is 10.6 Å². The minimum absolute atomic E-state index is 0.271. The van der Waals surface area contributed by atoms with E-state index in [1.807, 2.05) is 24.4 Å². The second-order valence-corrected chi connectivity index (χ2v) is 8.49. The molecule has 0 radical (unpaired) electrons. The maximum atomic E-state index is 12.3.